The molecule has 0 radical (unpaired) electrons. The van der Waals surface area contributed by atoms with E-state index >= 15 is 0 Å². The van der Waals surface area contributed by atoms with Gasteiger partial charge in [0.25, 0.3) is 0 Å². The van der Waals surface area contributed by atoms with Gasteiger partial charge in [0.1, 0.15) is 12.6 Å². The molecule has 8 heavy (non-hydrogen) atoms. The van der Waals surface area contributed by atoms with Crippen LogP contribution in [0, 0.1) is 0 Å². The highest BCUT2D eigenvalue weighted by atomic mass is 16.1. The number of carbonyl (C=O) groups is 2. The number of carbonyl (C=O) groups excluding carboxylic acids is 2. The zero-order chi connectivity index (χ0) is 6.99. The van der Waals surface area contributed by atoms with Crippen molar-refractivity contribution in [3.8, 4) is 0 Å². The van der Waals surface area contributed by atoms with Crippen molar-refractivity contribution >= 4 is 12.6 Å². The minimum absolute atomic E-state index is 0.343. The summed E-state index contributed by atoms with van der Waals surface area (Å²) in [6, 6.07) is 0. The summed E-state index contributed by atoms with van der Waals surface area (Å²) in [6.45, 7) is 5.76. The zero-order valence-corrected chi connectivity index (χ0v) is 5.44. The molecule has 0 aliphatic carbocycles. The smallest absolute Gasteiger partial charge is 0.132 e. The van der Waals surface area contributed by atoms with Crippen LogP contribution in [0.25, 0.3) is 0 Å². The van der Waals surface area contributed by atoms with Gasteiger partial charge in [-0.25, -0.2) is 0 Å². The van der Waals surface area contributed by atoms with Gasteiger partial charge >= 0.3 is 0 Å². The third-order valence-corrected chi connectivity index (χ3v) is 0.789. The zero-order valence-electron chi connectivity index (χ0n) is 5.44. The molecular weight excluding hydrogens is 104 g/mol. The minimum Gasteiger partial charge on any atom is -0.307 e. The highest BCUT2D eigenvalue weighted by molar-refractivity contribution is 5.77. The number of rotatable bonds is 2. The first-order valence-corrected chi connectivity index (χ1v) is 2.61. The molecule has 0 heterocycles. The molecule has 0 aromatic heterocycles. The lowest BCUT2D eigenvalue weighted by Gasteiger charge is -1.81. The molecule has 0 aliphatic rings. The van der Waals surface area contributed by atoms with Crippen LogP contribution in [0.2, 0.25) is 0 Å². The van der Waals surface area contributed by atoms with Gasteiger partial charge in [-0.3, -0.25) is 4.79 Å². The molecule has 0 unspecified atom stereocenters. The van der Waals surface area contributed by atoms with Crippen LogP contribution in [0.3, 0.4) is 0 Å². The number of Topliss-reactive ketones (excluding diaryl/α,β-unsaturated/α-hetero) is 1. The number of hydrogen-bond donors (Lipinski definition) is 0. The molecule has 2 heteroatoms. The Hall–Kier alpha value is -0.660. The predicted molar refractivity (Wildman–Crippen MR) is 32.7 cm³/mol. The quantitative estimate of drug-likeness (QED) is 0.543. The lowest BCUT2D eigenvalue weighted by Crippen LogP contribution is -1.88. The van der Waals surface area contributed by atoms with Gasteiger partial charge in [0.05, 0.1) is 0 Å². The largest absolute Gasteiger partial charge is 0.307 e. The first-order chi connectivity index (χ1) is 3.81. The summed E-state index contributed by atoms with van der Waals surface area (Å²) in [5, 5.41) is 0. The van der Waals surface area contributed by atoms with Crippen molar-refractivity contribution in [1.82, 2.24) is 0 Å². The minimum atomic E-state index is 0.343. The van der Waals surface area contributed by atoms with Gasteiger partial charge in [0.2, 0.25) is 0 Å². The Morgan fingerprint density at radius 3 is 1.50 bits per heavy atom. The van der Waals surface area contributed by atoms with E-state index in [1.54, 1.807) is 0 Å². The van der Waals surface area contributed by atoms with E-state index in [0.717, 1.165) is 0 Å². The van der Waals surface area contributed by atoms with E-state index in [1.165, 1.54) is 0 Å². The first kappa shape index (κ1) is 10.3. The van der Waals surface area contributed by atoms with Crippen LogP contribution in [0.4, 0.5) is 0 Å². The summed E-state index contributed by atoms with van der Waals surface area (Å²) >= 11 is 0. The van der Waals surface area contributed by atoms with Crippen LogP contribution in [0.5, 0.6) is 0 Å². The van der Waals surface area contributed by atoms with Gasteiger partial charge in [-0.05, 0) is 0 Å². The second kappa shape index (κ2) is 9.60. The van der Waals surface area contributed by atoms with Gasteiger partial charge in [0.15, 0.2) is 0 Å². The molecule has 0 amide bonds. The van der Waals surface area contributed by atoms with E-state index in [4.69, 9.17) is 4.79 Å². The van der Waals surface area contributed by atoms with Crippen molar-refractivity contribution < 1.29 is 9.59 Å². The summed E-state index contributed by atoms with van der Waals surface area (Å²) < 4.78 is 0. The second-order valence-electron chi connectivity index (χ2n) is 1.25. The predicted octanol–water partition coefficient (Wildman–Crippen LogP) is 1.19. The van der Waals surface area contributed by atoms with Crippen LogP contribution in [0.15, 0.2) is 0 Å². The Balaban J connectivity index is 0. The molecule has 0 rings (SSSR count). The maximum Gasteiger partial charge on any atom is 0.132 e. The van der Waals surface area contributed by atoms with E-state index in [0.29, 0.717) is 18.6 Å². The standard InChI is InChI=1S/C5H10O.CH2O/c1-3-5(6)4-2;1-2/h3-4H2,1-2H3;1H2. The van der Waals surface area contributed by atoms with Crippen molar-refractivity contribution in [1.29, 1.82) is 0 Å². The molecule has 0 saturated heterocycles. The van der Waals surface area contributed by atoms with E-state index in [1.807, 2.05) is 20.6 Å². The summed E-state index contributed by atoms with van der Waals surface area (Å²) in [5.41, 5.74) is 0. The maximum absolute atomic E-state index is 10.2. The van der Waals surface area contributed by atoms with E-state index in [-0.39, 0.29) is 0 Å². The van der Waals surface area contributed by atoms with Crippen LogP contribution >= 0.6 is 0 Å². The van der Waals surface area contributed by atoms with Crippen molar-refractivity contribution in [2.24, 2.45) is 0 Å². The Kier molecular flexibility index (Phi) is 12.4. The summed E-state index contributed by atoms with van der Waals surface area (Å²) in [5.74, 6) is 0.343. The molecule has 0 aromatic carbocycles. The van der Waals surface area contributed by atoms with E-state index < -0.39 is 0 Å². The maximum atomic E-state index is 10.2. The summed E-state index contributed by atoms with van der Waals surface area (Å²) in [6.07, 6.45) is 1.38. The molecule has 0 aromatic rings. The average Bonchev–Trinajstić information content (AvgIpc) is 1.91. The van der Waals surface area contributed by atoms with Crippen LogP contribution in [0.1, 0.15) is 26.7 Å². The Labute approximate surface area is 49.9 Å². The molecule has 0 saturated carbocycles. The molecule has 0 atom stereocenters. The monoisotopic (exact) mass is 116 g/mol. The molecule has 48 valence electrons. The highest BCUT2D eigenvalue weighted by Crippen LogP contribution is 1.82. The third-order valence-electron chi connectivity index (χ3n) is 0.789. The molecule has 0 fully saturated rings. The van der Waals surface area contributed by atoms with Gasteiger partial charge in [-0.15, -0.1) is 0 Å². The topological polar surface area (TPSA) is 34.1 Å². The van der Waals surface area contributed by atoms with Crippen molar-refractivity contribution in [3.05, 3.63) is 0 Å². The first-order valence-electron chi connectivity index (χ1n) is 2.61. The Bertz CT molecular complexity index is 53.5. The lowest BCUT2D eigenvalue weighted by molar-refractivity contribution is -0.118. The Morgan fingerprint density at radius 2 is 1.50 bits per heavy atom. The normalized spacial score (nSPS) is 6.75. The lowest BCUT2D eigenvalue weighted by atomic mass is 10.3. The average molecular weight is 116 g/mol. The second-order valence-corrected chi connectivity index (χ2v) is 1.25. The molecule has 0 bridgehead atoms. The molecule has 0 aliphatic heterocycles. The fraction of sp³-hybridized carbons (Fsp3) is 0.667. The van der Waals surface area contributed by atoms with Crippen molar-refractivity contribution in [2.75, 3.05) is 0 Å². The molecule has 0 spiro atoms. The van der Waals surface area contributed by atoms with E-state index in [2.05, 4.69) is 0 Å². The fourth-order valence-corrected chi connectivity index (χ4v) is 0.250. The van der Waals surface area contributed by atoms with Crippen molar-refractivity contribution in [2.45, 2.75) is 26.7 Å². The molecule has 0 N–H and O–H groups in total. The number of hydrogen-bond acceptors (Lipinski definition) is 2. The van der Waals surface area contributed by atoms with Gasteiger partial charge in [0, 0.05) is 12.8 Å². The van der Waals surface area contributed by atoms with E-state index in [9.17, 15) is 4.79 Å². The fourth-order valence-electron chi connectivity index (χ4n) is 0.250. The number of ketones is 1. The van der Waals surface area contributed by atoms with Gasteiger partial charge < -0.3 is 4.79 Å². The molecular formula is C6H12O2. The SMILES string of the molecule is C=O.CCC(=O)CC. The third kappa shape index (κ3) is 9.02. The summed E-state index contributed by atoms with van der Waals surface area (Å²) in [4.78, 5) is 18.2. The molecule has 2 nitrogen and oxygen atoms in total. The van der Waals surface area contributed by atoms with Crippen LogP contribution < -0.4 is 0 Å². The van der Waals surface area contributed by atoms with Crippen molar-refractivity contribution in [3.63, 3.8) is 0 Å². The van der Waals surface area contributed by atoms with Crippen LogP contribution in [-0.2, 0) is 9.59 Å². The highest BCUT2D eigenvalue weighted by Gasteiger charge is 1.86. The van der Waals surface area contributed by atoms with Gasteiger partial charge in [-0.1, -0.05) is 13.8 Å². The summed E-state index contributed by atoms with van der Waals surface area (Å²) in [7, 11) is 0. The Morgan fingerprint density at radius 1 is 1.25 bits per heavy atom. The van der Waals surface area contributed by atoms with Crippen LogP contribution in [-0.4, -0.2) is 12.6 Å². The van der Waals surface area contributed by atoms with Gasteiger partial charge in [-0.2, -0.15) is 0 Å².